The Balaban J connectivity index is 2.64. The molecule has 0 aliphatic heterocycles. The summed E-state index contributed by atoms with van der Waals surface area (Å²) in [5.41, 5.74) is 0.146. The van der Waals surface area contributed by atoms with Crippen molar-refractivity contribution in [1.29, 1.82) is 0 Å². The maximum absolute atomic E-state index is 13.1. The number of ether oxygens (including phenoxy) is 3. The van der Waals surface area contributed by atoms with Gasteiger partial charge < -0.3 is 14.2 Å². The van der Waals surface area contributed by atoms with Gasteiger partial charge in [-0.3, -0.25) is 9.10 Å². The minimum atomic E-state index is -4.10. The summed E-state index contributed by atoms with van der Waals surface area (Å²) in [5.74, 6) is -0.0679. The van der Waals surface area contributed by atoms with Crippen LogP contribution >= 0.6 is 11.6 Å². The van der Waals surface area contributed by atoms with Crippen molar-refractivity contribution in [2.24, 2.45) is 0 Å². The number of hydrogen-bond donors (Lipinski definition) is 0. The van der Waals surface area contributed by atoms with Gasteiger partial charge in [-0.25, -0.2) is 8.42 Å². The zero-order valence-electron chi connectivity index (χ0n) is 14.4. The second-order valence-electron chi connectivity index (χ2n) is 5.08. The molecule has 0 aliphatic rings. The van der Waals surface area contributed by atoms with E-state index in [0.717, 1.165) is 4.31 Å². The maximum Gasteiger partial charge on any atom is 0.326 e. The number of carbonyl (C=O) groups is 1. The van der Waals surface area contributed by atoms with Crippen LogP contribution in [0.25, 0.3) is 0 Å². The van der Waals surface area contributed by atoms with E-state index < -0.39 is 22.5 Å². The van der Waals surface area contributed by atoms with E-state index >= 15 is 0 Å². The Bertz CT molecular complexity index is 883. The minimum Gasteiger partial charge on any atom is -0.497 e. The summed E-state index contributed by atoms with van der Waals surface area (Å²) in [6.07, 6.45) is 0. The molecule has 2 aromatic rings. The van der Waals surface area contributed by atoms with E-state index in [2.05, 4.69) is 4.74 Å². The predicted octanol–water partition coefficient (Wildman–Crippen LogP) is 2.73. The Labute approximate surface area is 157 Å². The van der Waals surface area contributed by atoms with Gasteiger partial charge in [0.2, 0.25) is 0 Å². The van der Waals surface area contributed by atoms with Gasteiger partial charge in [0.05, 0.1) is 31.9 Å². The van der Waals surface area contributed by atoms with Crippen LogP contribution < -0.4 is 13.8 Å². The molecule has 26 heavy (non-hydrogen) atoms. The van der Waals surface area contributed by atoms with Crippen LogP contribution in [0.15, 0.2) is 47.4 Å². The number of methoxy groups -OCH3 is 3. The fourth-order valence-corrected chi connectivity index (χ4v) is 3.74. The normalized spacial score (nSPS) is 10.9. The van der Waals surface area contributed by atoms with Gasteiger partial charge in [-0.2, -0.15) is 0 Å². The topological polar surface area (TPSA) is 82.1 Å². The molecular formula is C17H18ClNO6S. The monoisotopic (exact) mass is 399 g/mol. The van der Waals surface area contributed by atoms with Crippen molar-refractivity contribution in [2.75, 3.05) is 32.2 Å². The molecule has 0 aliphatic carbocycles. The average Bonchev–Trinajstić information content (AvgIpc) is 2.65. The fraction of sp³-hybridized carbons (Fsp3) is 0.235. The van der Waals surface area contributed by atoms with Gasteiger partial charge in [-0.05, 0) is 36.4 Å². The van der Waals surface area contributed by atoms with Crippen LogP contribution in [0.1, 0.15) is 0 Å². The van der Waals surface area contributed by atoms with Crippen LogP contribution in [-0.4, -0.2) is 42.3 Å². The van der Waals surface area contributed by atoms with Gasteiger partial charge in [0.1, 0.15) is 18.0 Å². The fourth-order valence-electron chi connectivity index (χ4n) is 2.21. The number of nitrogens with zero attached hydrogens (tertiary/aromatic N) is 1. The number of halogens is 1. The van der Waals surface area contributed by atoms with Gasteiger partial charge in [0, 0.05) is 11.1 Å². The van der Waals surface area contributed by atoms with Gasteiger partial charge in [0.15, 0.2) is 0 Å². The third kappa shape index (κ3) is 4.20. The summed E-state index contributed by atoms with van der Waals surface area (Å²) in [6, 6.07) is 10.3. The standard InChI is InChI=1S/C17H18ClNO6S/c1-23-13-6-9-16(24-2)15(10-13)19(11-17(20)25-3)26(21,22)14-7-4-12(18)5-8-14/h4-10H,11H2,1-3H3. The van der Waals surface area contributed by atoms with E-state index in [9.17, 15) is 13.2 Å². The molecule has 0 saturated heterocycles. The number of sulfonamides is 1. The van der Waals surface area contributed by atoms with Crippen LogP contribution in [0, 0.1) is 0 Å². The van der Waals surface area contributed by atoms with Crippen LogP contribution in [0.3, 0.4) is 0 Å². The lowest BCUT2D eigenvalue weighted by Gasteiger charge is -2.25. The van der Waals surface area contributed by atoms with Gasteiger partial charge in [0.25, 0.3) is 10.0 Å². The smallest absolute Gasteiger partial charge is 0.326 e. The highest BCUT2D eigenvalue weighted by Crippen LogP contribution is 2.35. The number of esters is 1. The van der Waals surface area contributed by atoms with Crippen molar-refractivity contribution in [3.8, 4) is 11.5 Å². The number of rotatable bonds is 7. The Morgan fingerprint density at radius 3 is 2.23 bits per heavy atom. The van der Waals surface area contributed by atoms with Crippen LogP contribution in [0.2, 0.25) is 5.02 Å². The molecule has 0 fully saturated rings. The lowest BCUT2D eigenvalue weighted by atomic mass is 10.2. The molecule has 0 amide bonds. The van der Waals surface area contributed by atoms with E-state index in [0.29, 0.717) is 10.8 Å². The Morgan fingerprint density at radius 2 is 1.69 bits per heavy atom. The second-order valence-corrected chi connectivity index (χ2v) is 7.38. The summed E-state index contributed by atoms with van der Waals surface area (Å²) in [6.45, 7) is -0.537. The quantitative estimate of drug-likeness (QED) is 0.666. The second kappa shape index (κ2) is 8.29. The molecule has 0 bridgehead atoms. The van der Waals surface area contributed by atoms with Gasteiger partial charge in [-0.15, -0.1) is 0 Å². The molecule has 7 nitrogen and oxygen atoms in total. The van der Waals surface area contributed by atoms with E-state index in [1.54, 1.807) is 12.1 Å². The molecule has 0 atom stereocenters. The summed E-state index contributed by atoms with van der Waals surface area (Å²) in [5, 5.41) is 0.391. The molecule has 0 unspecified atom stereocenters. The molecule has 2 rings (SSSR count). The van der Waals surface area contributed by atoms with Crippen molar-refractivity contribution in [3.05, 3.63) is 47.5 Å². The van der Waals surface area contributed by atoms with Crippen molar-refractivity contribution < 1.29 is 27.4 Å². The minimum absolute atomic E-state index is 0.0318. The Kier molecular flexibility index (Phi) is 6.33. The van der Waals surface area contributed by atoms with Crippen molar-refractivity contribution in [2.45, 2.75) is 4.90 Å². The summed E-state index contributed by atoms with van der Waals surface area (Å²) >= 11 is 5.83. The third-order valence-corrected chi connectivity index (χ3v) is 5.58. The lowest BCUT2D eigenvalue weighted by molar-refractivity contribution is -0.138. The van der Waals surface area contributed by atoms with Crippen molar-refractivity contribution >= 4 is 33.3 Å². The van der Waals surface area contributed by atoms with Crippen LogP contribution in [0.5, 0.6) is 11.5 Å². The third-order valence-electron chi connectivity index (χ3n) is 3.56. The molecular weight excluding hydrogens is 382 g/mol. The molecule has 9 heteroatoms. The zero-order chi connectivity index (χ0) is 19.3. The highest BCUT2D eigenvalue weighted by atomic mass is 35.5. The first kappa shape index (κ1) is 19.9. The summed E-state index contributed by atoms with van der Waals surface area (Å²) in [7, 11) is -0.0688. The van der Waals surface area contributed by atoms with Crippen molar-refractivity contribution in [3.63, 3.8) is 0 Å². The average molecular weight is 400 g/mol. The van der Waals surface area contributed by atoms with Crippen LogP contribution in [0.4, 0.5) is 5.69 Å². The summed E-state index contributed by atoms with van der Waals surface area (Å²) in [4.78, 5) is 11.8. The SMILES string of the molecule is COC(=O)CN(c1cc(OC)ccc1OC)S(=O)(=O)c1ccc(Cl)cc1. The number of hydrogen-bond acceptors (Lipinski definition) is 6. The van der Waals surface area contributed by atoms with Gasteiger partial charge in [-0.1, -0.05) is 11.6 Å². The zero-order valence-corrected chi connectivity index (χ0v) is 16.0. The summed E-state index contributed by atoms with van der Waals surface area (Å²) < 4.78 is 42.2. The highest BCUT2D eigenvalue weighted by molar-refractivity contribution is 7.92. The van der Waals surface area contributed by atoms with E-state index in [1.165, 1.54) is 51.7 Å². The lowest BCUT2D eigenvalue weighted by Crippen LogP contribution is -2.36. The molecule has 140 valence electrons. The number of anilines is 1. The first-order chi connectivity index (χ1) is 12.3. The van der Waals surface area contributed by atoms with Crippen LogP contribution in [-0.2, 0) is 19.6 Å². The first-order valence-corrected chi connectivity index (χ1v) is 9.22. The first-order valence-electron chi connectivity index (χ1n) is 7.40. The molecule has 0 aromatic heterocycles. The van der Waals surface area contributed by atoms with Crippen molar-refractivity contribution in [1.82, 2.24) is 0 Å². The van der Waals surface area contributed by atoms with Gasteiger partial charge >= 0.3 is 5.97 Å². The van der Waals surface area contributed by atoms with E-state index in [4.69, 9.17) is 21.1 Å². The van der Waals surface area contributed by atoms with E-state index in [1.807, 2.05) is 0 Å². The molecule has 0 radical (unpaired) electrons. The Morgan fingerprint density at radius 1 is 1.04 bits per heavy atom. The Hall–Kier alpha value is -2.45. The number of carbonyl (C=O) groups excluding carboxylic acids is 1. The molecule has 0 saturated carbocycles. The molecule has 0 heterocycles. The molecule has 0 spiro atoms. The molecule has 2 aromatic carbocycles. The largest absolute Gasteiger partial charge is 0.497 e. The molecule has 0 N–H and O–H groups in total. The highest BCUT2D eigenvalue weighted by Gasteiger charge is 2.30. The van der Waals surface area contributed by atoms with E-state index in [-0.39, 0.29) is 16.3 Å². The maximum atomic E-state index is 13.1. The number of benzene rings is 2. The predicted molar refractivity (Wildman–Crippen MR) is 97.5 cm³/mol.